The second kappa shape index (κ2) is 5.06. The largest absolute Gasteiger partial charge is 0.399 e. The van der Waals surface area contributed by atoms with Crippen molar-refractivity contribution in [1.82, 2.24) is 9.55 Å². The second-order valence-corrected chi connectivity index (χ2v) is 5.89. The maximum absolute atomic E-state index is 5.68. The first-order valence-electron chi connectivity index (χ1n) is 6.28. The van der Waals surface area contributed by atoms with Crippen molar-refractivity contribution in [2.24, 2.45) is 5.92 Å². The van der Waals surface area contributed by atoms with Gasteiger partial charge in [0, 0.05) is 34.8 Å². The van der Waals surface area contributed by atoms with E-state index in [1.54, 1.807) is 0 Å². The predicted octanol–water partition coefficient (Wildman–Crippen LogP) is 3.17. The maximum atomic E-state index is 5.68. The molecule has 4 heteroatoms. The summed E-state index contributed by atoms with van der Waals surface area (Å²) in [4.78, 5) is 5.51. The van der Waals surface area contributed by atoms with Crippen LogP contribution in [0.25, 0.3) is 0 Å². The van der Waals surface area contributed by atoms with Crippen LogP contribution in [0.15, 0.2) is 41.7 Å². The lowest BCUT2D eigenvalue weighted by Crippen LogP contribution is -2.02. The van der Waals surface area contributed by atoms with Gasteiger partial charge >= 0.3 is 0 Å². The van der Waals surface area contributed by atoms with Gasteiger partial charge in [-0.15, -0.1) is 11.8 Å². The summed E-state index contributed by atoms with van der Waals surface area (Å²) >= 11 is 1.83. The van der Waals surface area contributed by atoms with E-state index in [1.807, 2.05) is 36.4 Å². The van der Waals surface area contributed by atoms with Gasteiger partial charge in [-0.25, -0.2) is 4.98 Å². The topological polar surface area (TPSA) is 43.8 Å². The summed E-state index contributed by atoms with van der Waals surface area (Å²) in [6, 6.07) is 8.04. The van der Waals surface area contributed by atoms with Crippen LogP contribution >= 0.6 is 11.8 Å². The number of rotatable bonds is 5. The number of hydrogen-bond donors (Lipinski definition) is 1. The van der Waals surface area contributed by atoms with Crippen molar-refractivity contribution in [2.45, 2.75) is 30.0 Å². The van der Waals surface area contributed by atoms with Crippen LogP contribution in [0, 0.1) is 5.92 Å². The Kier molecular flexibility index (Phi) is 3.28. The molecule has 3 rings (SSSR count). The number of nitrogen functional groups attached to an aromatic ring is 1. The van der Waals surface area contributed by atoms with Crippen LogP contribution in [0.3, 0.4) is 0 Å². The lowest BCUT2D eigenvalue weighted by atomic mass is 10.3. The molecule has 1 fully saturated rings. The van der Waals surface area contributed by atoms with Gasteiger partial charge in [0.15, 0.2) is 0 Å². The monoisotopic (exact) mass is 259 g/mol. The molecule has 1 aromatic carbocycles. The van der Waals surface area contributed by atoms with Crippen molar-refractivity contribution in [2.75, 3.05) is 5.73 Å². The molecular formula is C14H17N3S. The first-order chi connectivity index (χ1) is 8.81. The molecule has 1 aliphatic carbocycles. The number of nitrogens with zero attached hydrogens (tertiary/aromatic N) is 2. The Morgan fingerprint density at radius 1 is 1.28 bits per heavy atom. The Morgan fingerprint density at radius 2 is 2.06 bits per heavy atom. The van der Waals surface area contributed by atoms with E-state index < -0.39 is 0 Å². The summed E-state index contributed by atoms with van der Waals surface area (Å²) < 4.78 is 2.29. The highest BCUT2D eigenvalue weighted by atomic mass is 32.2. The molecular weight excluding hydrogens is 242 g/mol. The molecule has 1 saturated carbocycles. The molecule has 1 aromatic heterocycles. The second-order valence-electron chi connectivity index (χ2n) is 4.84. The summed E-state index contributed by atoms with van der Waals surface area (Å²) in [6.07, 6.45) is 6.69. The zero-order valence-corrected chi connectivity index (χ0v) is 11.1. The summed E-state index contributed by atoms with van der Waals surface area (Å²) in [7, 11) is 0. The standard InChI is InChI=1S/C14H17N3S/c15-12-3-5-14(6-4-12)18-9-13-7-16-10-17(13)8-11-1-2-11/h3-7,10-11H,1-2,8-9,15H2. The van der Waals surface area contributed by atoms with Crippen molar-refractivity contribution in [1.29, 1.82) is 0 Å². The zero-order valence-electron chi connectivity index (χ0n) is 10.2. The quantitative estimate of drug-likeness (QED) is 0.662. The fraction of sp³-hybridized carbons (Fsp3) is 0.357. The van der Waals surface area contributed by atoms with Crippen LogP contribution in [-0.4, -0.2) is 9.55 Å². The molecule has 0 amide bonds. The first-order valence-corrected chi connectivity index (χ1v) is 7.27. The Morgan fingerprint density at radius 3 is 2.78 bits per heavy atom. The van der Waals surface area contributed by atoms with Crippen molar-refractivity contribution >= 4 is 17.4 Å². The highest BCUT2D eigenvalue weighted by Gasteiger charge is 2.22. The van der Waals surface area contributed by atoms with E-state index in [9.17, 15) is 0 Å². The summed E-state index contributed by atoms with van der Waals surface area (Å²) in [6.45, 7) is 1.14. The third-order valence-corrected chi connectivity index (χ3v) is 4.26. The number of nitrogens with two attached hydrogens (primary N) is 1. The number of imidazole rings is 1. The lowest BCUT2D eigenvalue weighted by Gasteiger charge is -2.07. The predicted molar refractivity (Wildman–Crippen MR) is 75.4 cm³/mol. The van der Waals surface area contributed by atoms with Gasteiger partial charge in [-0.1, -0.05) is 0 Å². The highest BCUT2D eigenvalue weighted by molar-refractivity contribution is 7.98. The zero-order chi connectivity index (χ0) is 12.4. The van der Waals surface area contributed by atoms with Gasteiger partial charge in [0.25, 0.3) is 0 Å². The van der Waals surface area contributed by atoms with Gasteiger partial charge in [0.1, 0.15) is 0 Å². The number of benzene rings is 1. The normalized spacial score (nSPS) is 14.9. The molecule has 0 bridgehead atoms. The third-order valence-electron chi connectivity index (χ3n) is 3.22. The van der Waals surface area contributed by atoms with Crippen molar-refractivity contribution in [3.05, 3.63) is 42.5 Å². The van der Waals surface area contributed by atoms with Crippen molar-refractivity contribution < 1.29 is 0 Å². The van der Waals surface area contributed by atoms with Gasteiger partial charge in [-0.3, -0.25) is 0 Å². The molecule has 1 aliphatic rings. The van der Waals surface area contributed by atoms with Crippen molar-refractivity contribution in [3.8, 4) is 0 Å². The van der Waals surface area contributed by atoms with Gasteiger partial charge in [0.2, 0.25) is 0 Å². The third kappa shape index (κ3) is 2.88. The minimum atomic E-state index is 0.818. The van der Waals surface area contributed by atoms with Gasteiger partial charge in [-0.2, -0.15) is 0 Å². The summed E-state index contributed by atoms with van der Waals surface area (Å²) in [5.74, 6) is 1.86. The fourth-order valence-corrected chi connectivity index (χ4v) is 2.82. The molecule has 1 heterocycles. The van der Waals surface area contributed by atoms with E-state index in [-0.39, 0.29) is 0 Å². The van der Waals surface area contributed by atoms with E-state index in [4.69, 9.17) is 5.73 Å². The van der Waals surface area contributed by atoms with Crippen LogP contribution in [0.1, 0.15) is 18.5 Å². The number of thioether (sulfide) groups is 1. The molecule has 0 saturated heterocycles. The minimum Gasteiger partial charge on any atom is -0.399 e. The Bertz CT molecular complexity index is 514. The van der Waals surface area contributed by atoms with Crippen LogP contribution in [0.4, 0.5) is 5.69 Å². The Hall–Kier alpha value is -1.42. The lowest BCUT2D eigenvalue weighted by molar-refractivity contribution is 0.611. The molecule has 94 valence electrons. The molecule has 0 aliphatic heterocycles. The van der Waals surface area contributed by atoms with E-state index >= 15 is 0 Å². The van der Waals surface area contributed by atoms with Crippen LogP contribution in [-0.2, 0) is 12.3 Å². The van der Waals surface area contributed by atoms with Crippen LogP contribution in [0.2, 0.25) is 0 Å². The smallest absolute Gasteiger partial charge is 0.0948 e. The SMILES string of the molecule is Nc1ccc(SCc2cncn2CC2CC2)cc1. The fourth-order valence-electron chi connectivity index (χ4n) is 1.93. The molecule has 0 spiro atoms. The number of aromatic nitrogens is 2. The maximum Gasteiger partial charge on any atom is 0.0948 e. The molecule has 3 nitrogen and oxygen atoms in total. The Labute approximate surface area is 111 Å². The molecule has 18 heavy (non-hydrogen) atoms. The summed E-state index contributed by atoms with van der Waals surface area (Å²) in [5, 5.41) is 0. The van der Waals surface area contributed by atoms with E-state index in [0.717, 1.165) is 23.9 Å². The average Bonchev–Trinajstić information content (AvgIpc) is 3.08. The average molecular weight is 259 g/mol. The highest BCUT2D eigenvalue weighted by Crippen LogP contribution is 2.31. The molecule has 0 atom stereocenters. The van der Waals surface area contributed by atoms with Gasteiger partial charge in [-0.05, 0) is 43.0 Å². The van der Waals surface area contributed by atoms with Crippen LogP contribution in [0.5, 0.6) is 0 Å². The van der Waals surface area contributed by atoms with E-state index in [1.165, 1.54) is 23.4 Å². The van der Waals surface area contributed by atoms with Crippen molar-refractivity contribution in [3.63, 3.8) is 0 Å². The summed E-state index contributed by atoms with van der Waals surface area (Å²) in [5.41, 5.74) is 7.81. The number of hydrogen-bond acceptors (Lipinski definition) is 3. The van der Waals surface area contributed by atoms with E-state index in [0.29, 0.717) is 0 Å². The van der Waals surface area contributed by atoms with E-state index in [2.05, 4.69) is 21.7 Å². The Balaban J connectivity index is 1.62. The molecule has 2 aromatic rings. The molecule has 0 unspecified atom stereocenters. The van der Waals surface area contributed by atoms with Gasteiger partial charge in [0.05, 0.1) is 6.33 Å². The number of anilines is 1. The first kappa shape index (κ1) is 11.7. The van der Waals surface area contributed by atoms with Crippen LogP contribution < -0.4 is 5.73 Å². The van der Waals surface area contributed by atoms with Gasteiger partial charge < -0.3 is 10.3 Å². The minimum absolute atomic E-state index is 0.818. The molecule has 0 radical (unpaired) electrons. The molecule has 2 N–H and O–H groups in total.